The standard InChI is InChI=1S/C14H15N5O/c1-9(10-3-2-6-16-7-10)19-13(8-20)17-11-4-5-12(15)18-14(11)19/h2-9,13,17H,1H3,(H2,15,18)/t9?,13-/m1/s1. The lowest BCUT2D eigenvalue weighted by Crippen LogP contribution is -2.39. The van der Waals surface area contributed by atoms with Gasteiger partial charge in [0.15, 0.2) is 18.3 Å². The van der Waals surface area contributed by atoms with Crippen molar-refractivity contribution in [1.29, 1.82) is 0 Å². The van der Waals surface area contributed by atoms with Crippen LogP contribution in [-0.4, -0.2) is 22.4 Å². The summed E-state index contributed by atoms with van der Waals surface area (Å²) in [5, 5.41) is 3.13. The Kier molecular flexibility index (Phi) is 2.98. The molecule has 0 saturated heterocycles. The molecule has 2 aromatic heterocycles. The molecule has 0 aromatic carbocycles. The number of carbonyl (C=O) groups excluding carboxylic acids is 1. The Balaban J connectivity index is 2.03. The zero-order valence-electron chi connectivity index (χ0n) is 11.0. The molecule has 6 nitrogen and oxygen atoms in total. The third kappa shape index (κ3) is 1.95. The highest BCUT2D eigenvalue weighted by Crippen LogP contribution is 2.38. The van der Waals surface area contributed by atoms with Crippen LogP contribution in [0.25, 0.3) is 0 Å². The van der Waals surface area contributed by atoms with Crippen LogP contribution in [0.4, 0.5) is 17.3 Å². The lowest BCUT2D eigenvalue weighted by molar-refractivity contribution is -0.108. The number of fused-ring (bicyclic) bond motifs is 1. The normalized spacial score (nSPS) is 18.2. The highest BCUT2D eigenvalue weighted by atomic mass is 16.1. The quantitative estimate of drug-likeness (QED) is 0.823. The van der Waals surface area contributed by atoms with Crippen molar-refractivity contribution >= 4 is 23.6 Å². The third-order valence-electron chi connectivity index (χ3n) is 3.46. The van der Waals surface area contributed by atoms with E-state index in [0.717, 1.165) is 17.5 Å². The van der Waals surface area contributed by atoms with Gasteiger partial charge in [0.25, 0.3) is 0 Å². The summed E-state index contributed by atoms with van der Waals surface area (Å²) in [5.41, 5.74) is 7.58. The van der Waals surface area contributed by atoms with E-state index in [0.29, 0.717) is 11.6 Å². The fourth-order valence-electron chi connectivity index (χ4n) is 2.44. The molecule has 0 spiro atoms. The van der Waals surface area contributed by atoms with E-state index in [9.17, 15) is 4.79 Å². The minimum Gasteiger partial charge on any atom is -0.384 e. The Labute approximate surface area is 116 Å². The van der Waals surface area contributed by atoms with Crippen molar-refractivity contribution in [3.63, 3.8) is 0 Å². The Morgan fingerprint density at radius 3 is 3.00 bits per heavy atom. The van der Waals surface area contributed by atoms with Crippen LogP contribution in [-0.2, 0) is 4.79 Å². The number of nitrogens with one attached hydrogen (secondary N) is 1. The van der Waals surface area contributed by atoms with E-state index in [-0.39, 0.29) is 6.04 Å². The summed E-state index contributed by atoms with van der Waals surface area (Å²) in [6, 6.07) is 7.36. The number of rotatable bonds is 3. The largest absolute Gasteiger partial charge is 0.384 e. The number of hydrogen-bond donors (Lipinski definition) is 2. The average Bonchev–Trinajstić information content (AvgIpc) is 2.85. The first-order valence-corrected chi connectivity index (χ1v) is 6.37. The van der Waals surface area contributed by atoms with Gasteiger partial charge in [-0.15, -0.1) is 0 Å². The molecule has 1 aliphatic heterocycles. The fraction of sp³-hybridized carbons (Fsp3) is 0.214. The second-order valence-corrected chi connectivity index (χ2v) is 4.70. The molecule has 0 amide bonds. The molecule has 3 heterocycles. The van der Waals surface area contributed by atoms with Gasteiger partial charge in [-0.3, -0.25) is 9.78 Å². The van der Waals surface area contributed by atoms with Gasteiger partial charge in [-0.25, -0.2) is 4.98 Å². The summed E-state index contributed by atoms with van der Waals surface area (Å²) in [5.74, 6) is 1.12. The number of nitrogen functional groups attached to an aromatic ring is 1. The van der Waals surface area contributed by atoms with Crippen LogP contribution >= 0.6 is 0 Å². The maximum absolute atomic E-state index is 11.3. The van der Waals surface area contributed by atoms with E-state index in [2.05, 4.69) is 15.3 Å². The molecule has 1 unspecified atom stereocenters. The predicted molar refractivity (Wildman–Crippen MR) is 77.3 cm³/mol. The van der Waals surface area contributed by atoms with Crippen molar-refractivity contribution in [2.75, 3.05) is 16.0 Å². The summed E-state index contributed by atoms with van der Waals surface area (Å²) in [6.45, 7) is 2.01. The van der Waals surface area contributed by atoms with Crippen LogP contribution < -0.4 is 16.0 Å². The smallest absolute Gasteiger partial charge is 0.162 e. The molecule has 0 bridgehead atoms. The molecule has 0 saturated carbocycles. The number of nitrogens with two attached hydrogens (primary N) is 1. The van der Waals surface area contributed by atoms with Gasteiger partial charge in [-0.05, 0) is 30.7 Å². The summed E-state index contributed by atoms with van der Waals surface area (Å²) in [7, 11) is 0. The van der Waals surface area contributed by atoms with Crippen LogP contribution in [0.1, 0.15) is 18.5 Å². The molecule has 2 atom stereocenters. The van der Waals surface area contributed by atoms with E-state index >= 15 is 0 Å². The van der Waals surface area contributed by atoms with E-state index in [4.69, 9.17) is 5.73 Å². The third-order valence-corrected chi connectivity index (χ3v) is 3.46. The molecular formula is C14H15N5O. The first kappa shape index (κ1) is 12.4. The highest BCUT2D eigenvalue weighted by molar-refractivity contribution is 5.83. The van der Waals surface area contributed by atoms with Crippen LogP contribution in [0.5, 0.6) is 0 Å². The van der Waals surface area contributed by atoms with Gasteiger partial charge in [0.05, 0.1) is 11.7 Å². The zero-order valence-corrected chi connectivity index (χ0v) is 11.0. The zero-order chi connectivity index (χ0) is 14.1. The van der Waals surface area contributed by atoms with Crippen molar-refractivity contribution in [2.45, 2.75) is 19.1 Å². The van der Waals surface area contributed by atoms with Crippen molar-refractivity contribution in [1.82, 2.24) is 9.97 Å². The van der Waals surface area contributed by atoms with Crippen LogP contribution in [0.2, 0.25) is 0 Å². The first-order valence-electron chi connectivity index (χ1n) is 6.37. The van der Waals surface area contributed by atoms with E-state index in [1.807, 2.05) is 30.0 Å². The molecule has 0 fully saturated rings. The number of pyridine rings is 2. The molecule has 20 heavy (non-hydrogen) atoms. The van der Waals surface area contributed by atoms with E-state index < -0.39 is 6.17 Å². The Morgan fingerprint density at radius 2 is 2.30 bits per heavy atom. The molecule has 2 aromatic rings. The van der Waals surface area contributed by atoms with Crippen molar-refractivity contribution in [3.8, 4) is 0 Å². The minimum absolute atomic E-state index is 0.0399. The Bertz CT molecular complexity index is 631. The number of anilines is 3. The summed E-state index contributed by atoms with van der Waals surface area (Å²) in [4.78, 5) is 21.7. The number of aldehydes is 1. The molecule has 1 aliphatic rings. The van der Waals surface area contributed by atoms with Crippen LogP contribution in [0.3, 0.4) is 0 Å². The SMILES string of the molecule is CC(c1cccnc1)N1c2nc(N)ccc2N[C@H]1C=O. The van der Waals surface area contributed by atoms with E-state index in [1.54, 1.807) is 18.5 Å². The number of carbonyl (C=O) groups is 1. The molecule has 3 rings (SSSR count). The first-order chi connectivity index (χ1) is 9.70. The van der Waals surface area contributed by atoms with Gasteiger partial charge in [-0.1, -0.05) is 6.07 Å². The monoisotopic (exact) mass is 269 g/mol. The van der Waals surface area contributed by atoms with Crippen molar-refractivity contribution in [2.24, 2.45) is 0 Å². The molecule has 102 valence electrons. The van der Waals surface area contributed by atoms with Crippen LogP contribution in [0.15, 0.2) is 36.7 Å². The fourth-order valence-corrected chi connectivity index (χ4v) is 2.44. The maximum Gasteiger partial charge on any atom is 0.162 e. The van der Waals surface area contributed by atoms with Gasteiger partial charge in [0, 0.05) is 12.4 Å². The maximum atomic E-state index is 11.3. The second-order valence-electron chi connectivity index (χ2n) is 4.70. The van der Waals surface area contributed by atoms with Gasteiger partial charge in [0.1, 0.15) is 5.82 Å². The number of hydrogen-bond acceptors (Lipinski definition) is 6. The summed E-state index contributed by atoms with van der Waals surface area (Å²) in [6.07, 6.45) is 3.93. The van der Waals surface area contributed by atoms with Crippen molar-refractivity contribution < 1.29 is 4.79 Å². The van der Waals surface area contributed by atoms with Gasteiger partial charge in [0.2, 0.25) is 0 Å². The van der Waals surface area contributed by atoms with Crippen LogP contribution in [0, 0.1) is 0 Å². The van der Waals surface area contributed by atoms with Gasteiger partial charge >= 0.3 is 0 Å². The Morgan fingerprint density at radius 1 is 1.45 bits per heavy atom. The predicted octanol–water partition coefficient (Wildman–Crippen LogP) is 1.58. The Hall–Kier alpha value is -2.63. The number of nitrogens with zero attached hydrogens (tertiary/aromatic N) is 3. The highest BCUT2D eigenvalue weighted by Gasteiger charge is 2.34. The molecule has 0 radical (unpaired) electrons. The number of aromatic nitrogens is 2. The lowest BCUT2D eigenvalue weighted by Gasteiger charge is -2.29. The molecule has 0 aliphatic carbocycles. The van der Waals surface area contributed by atoms with Gasteiger partial charge in [-0.2, -0.15) is 0 Å². The summed E-state index contributed by atoms with van der Waals surface area (Å²) < 4.78 is 0. The minimum atomic E-state index is -0.450. The molecule has 3 N–H and O–H groups in total. The summed E-state index contributed by atoms with van der Waals surface area (Å²) >= 11 is 0. The average molecular weight is 269 g/mol. The van der Waals surface area contributed by atoms with E-state index in [1.165, 1.54) is 0 Å². The van der Waals surface area contributed by atoms with Crippen molar-refractivity contribution in [3.05, 3.63) is 42.2 Å². The topological polar surface area (TPSA) is 84.1 Å². The molecule has 6 heteroatoms. The second kappa shape index (κ2) is 4.80. The lowest BCUT2D eigenvalue weighted by atomic mass is 10.1. The molecular weight excluding hydrogens is 254 g/mol. The van der Waals surface area contributed by atoms with Gasteiger partial charge < -0.3 is 16.0 Å².